The molecule has 0 saturated carbocycles. The van der Waals surface area contributed by atoms with Crippen molar-refractivity contribution in [2.75, 3.05) is 16.2 Å². The van der Waals surface area contributed by atoms with Gasteiger partial charge in [0.15, 0.2) is 0 Å². The lowest BCUT2D eigenvalue weighted by Gasteiger charge is -2.21. The molecule has 2 aromatic rings. The van der Waals surface area contributed by atoms with Crippen molar-refractivity contribution in [1.82, 2.24) is 0 Å². The maximum Gasteiger partial charge on any atom is 0.419 e. The lowest BCUT2D eigenvalue weighted by atomic mass is 10.2. The first-order valence-corrected chi connectivity index (χ1v) is 11.5. The van der Waals surface area contributed by atoms with Crippen LogP contribution in [-0.2, 0) is 16.2 Å². The third-order valence-electron chi connectivity index (χ3n) is 3.79. The number of hydrogen-bond acceptors (Lipinski definition) is 4. The molecule has 10 heteroatoms. The van der Waals surface area contributed by atoms with Gasteiger partial charge >= 0.3 is 6.18 Å². The van der Waals surface area contributed by atoms with Gasteiger partial charge in [0.05, 0.1) is 15.0 Å². The number of anilines is 1. The normalized spacial score (nSPS) is 16.3. The summed E-state index contributed by atoms with van der Waals surface area (Å²) in [6, 6.07) is 8.37. The molecule has 0 spiro atoms. The van der Waals surface area contributed by atoms with Gasteiger partial charge in [-0.25, -0.2) is 12.8 Å². The van der Waals surface area contributed by atoms with Gasteiger partial charge in [0.1, 0.15) is 5.82 Å². The molecular weight excluding hydrogens is 422 g/mol. The van der Waals surface area contributed by atoms with Crippen molar-refractivity contribution in [2.24, 2.45) is 0 Å². The second-order valence-electron chi connectivity index (χ2n) is 5.80. The summed E-state index contributed by atoms with van der Waals surface area (Å²) in [6.45, 7) is 0. The summed E-state index contributed by atoms with van der Waals surface area (Å²) >= 11 is 3.53. The summed E-state index contributed by atoms with van der Waals surface area (Å²) in [5.74, 6) is 0.516. The number of hydrogen-bond donors (Lipinski definition) is 1. The molecule has 2 aromatic carbocycles. The molecule has 0 aliphatic carbocycles. The fourth-order valence-electron chi connectivity index (χ4n) is 2.53. The fraction of sp³-hybridized carbons (Fsp3) is 0.294. The zero-order valence-electron chi connectivity index (χ0n) is 13.8. The summed E-state index contributed by atoms with van der Waals surface area (Å²) in [4.78, 5) is -0.650. The highest BCUT2D eigenvalue weighted by molar-refractivity contribution is 8.16. The molecule has 1 saturated heterocycles. The van der Waals surface area contributed by atoms with E-state index in [1.165, 1.54) is 6.07 Å². The van der Waals surface area contributed by atoms with Gasteiger partial charge in [-0.3, -0.25) is 4.72 Å². The van der Waals surface area contributed by atoms with Crippen LogP contribution >= 0.6 is 23.5 Å². The Bertz CT molecular complexity index is 926. The first-order chi connectivity index (χ1) is 12.7. The predicted octanol–water partition coefficient (Wildman–Crippen LogP) is 5.51. The molecule has 0 aromatic heterocycles. The minimum Gasteiger partial charge on any atom is -0.280 e. The highest BCUT2D eigenvalue weighted by Gasteiger charge is 2.35. The zero-order valence-corrected chi connectivity index (χ0v) is 16.2. The molecule has 1 fully saturated rings. The third kappa shape index (κ3) is 4.91. The van der Waals surface area contributed by atoms with Crippen molar-refractivity contribution in [1.29, 1.82) is 0 Å². The Balaban J connectivity index is 1.87. The van der Waals surface area contributed by atoms with Crippen LogP contribution in [0.25, 0.3) is 0 Å². The highest BCUT2D eigenvalue weighted by Crippen LogP contribution is 2.44. The molecule has 27 heavy (non-hydrogen) atoms. The SMILES string of the molecule is O=S(=O)(Nc1cccc(C2SCCCS2)c1)c1ccc(F)c(C(F)(F)F)c1. The maximum atomic E-state index is 13.4. The molecule has 1 aliphatic rings. The van der Waals surface area contributed by atoms with Crippen molar-refractivity contribution in [3.63, 3.8) is 0 Å². The Hall–Kier alpha value is -1.39. The van der Waals surface area contributed by atoms with Crippen LogP contribution in [0.5, 0.6) is 0 Å². The standard InChI is InChI=1S/C17H15F4NO2S3/c18-15-6-5-13(10-14(15)17(19,20)21)27(23,24)22-12-4-1-3-11(9-12)16-25-7-2-8-26-16/h1,3-6,9-10,16,22H,2,7-8H2. The number of thioether (sulfide) groups is 2. The summed E-state index contributed by atoms with van der Waals surface area (Å²) < 4.78 is 79.3. The summed E-state index contributed by atoms with van der Waals surface area (Å²) in [7, 11) is -4.29. The Kier molecular flexibility index (Phi) is 5.97. The van der Waals surface area contributed by atoms with Gasteiger partial charge in [0, 0.05) is 5.69 Å². The van der Waals surface area contributed by atoms with E-state index in [-0.39, 0.29) is 10.3 Å². The van der Waals surface area contributed by atoms with E-state index in [4.69, 9.17) is 0 Å². The lowest BCUT2D eigenvalue weighted by molar-refractivity contribution is -0.140. The number of sulfonamides is 1. The molecule has 0 bridgehead atoms. The molecule has 1 heterocycles. The number of halogens is 4. The second kappa shape index (κ2) is 7.92. The van der Waals surface area contributed by atoms with Crippen LogP contribution in [0.2, 0.25) is 0 Å². The van der Waals surface area contributed by atoms with E-state index in [1.54, 1.807) is 35.7 Å². The van der Waals surface area contributed by atoms with Crippen molar-refractivity contribution < 1.29 is 26.0 Å². The quantitative estimate of drug-likeness (QED) is 0.641. The topological polar surface area (TPSA) is 46.2 Å². The van der Waals surface area contributed by atoms with Crippen LogP contribution in [0, 0.1) is 5.82 Å². The van der Waals surface area contributed by atoms with Crippen LogP contribution < -0.4 is 4.72 Å². The van der Waals surface area contributed by atoms with Crippen molar-refractivity contribution in [3.05, 3.63) is 59.4 Å². The van der Waals surface area contributed by atoms with Crippen LogP contribution in [0.4, 0.5) is 23.2 Å². The lowest BCUT2D eigenvalue weighted by Crippen LogP contribution is -2.16. The third-order valence-corrected chi connectivity index (χ3v) is 8.19. The maximum absolute atomic E-state index is 13.4. The zero-order chi connectivity index (χ0) is 19.7. The van der Waals surface area contributed by atoms with Crippen LogP contribution in [0.15, 0.2) is 47.4 Å². The molecule has 1 N–H and O–H groups in total. The summed E-state index contributed by atoms with van der Waals surface area (Å²) in [5.41, 5.74) is -0.439. The summed E-state index contributed by atoms with van der Waals surface area (Å²) in [6.07, 6.45) is -3.87. The number of alkyl halides is 3. The Labute approximate surface area is 163 Å². The molecule has 3 rings (SSSR count). The van der Waals surface area contributed by atoms with Gasteiger partial charge in [-0.2, -0.15) is 13.2 Å². The average Bonchev–Trinajstić information content (AvgIpc) is 2.61. The number of rotatable bonds is 4. The van der Waals surface area contributed by atoms with Gasteiger partial charge in [-0.15, -0.1) is 23.5 Å². The van der Waals surface area contributed by atoms with E-state index in [0.29, 0.717) is 12.1 Å². The molecule has 146 valence electrons. The van der Waals surface area contributed by atoms with Gasteiger partial charge in [0.25, 0.3) is 10.0 Å². The van der Waals surface area contributed by atoms with E-state index in [2.05, 4.69) is 4.72 Å². The fourth-order valence-corrected chi connectivity index (χ4v) is 6.48. The van der Waals surface area contributed by atoms with E-state index in [9.17, 15) is 26.0 Å². The van der Waals surface area contributed by atoms with Crippen LogP contribution in [0.1, 0.15) is 22.1 Å². The minimum atomic E-state index is -4.98. The number of nitrogens with one attached hydrogen (secondary N) is 1. The first-order valence-electron chi connectivity index (χ1n) is 7.89. The van der Waals surface area contributed by atoms with Gasteiger partial charge < -0.3 is 0 Å². The van der Waals surface area contributed by atoms with E-state index in [0.717, 1.165) is 29.6 Å². The van der Waals surface area contributed by atoms with Crippen molar-refractivity contribution in [2.45, 2.75) is 22.1 Å². The van der Waals surface area contributed by atoms with Gasteiger partial charge in [-0.1, -0.05) is 12.1 Å². The summed E-state index contributed by atoms with van der Waals surface area (Å²) in [5, 5.41) is 0. The number of benzene rings is 2. The van der Waals surface area contributed by atoms with E-state index in [1.807, 2.05) is 6.07 Å². The average molecular weight is 438 g/mol. The second-order valence-corrected chi connectivity index (χ2v) is 10.2. The van der Waals surface area contributed by atoms with Crippen molar-refractivity contribution in [3.8, 4) is 0 Å². The monoisotopic (exact) mass is 437 g/mol. The Morgan fingerprint density at radius 2 is 1.74 bits per heavy atom. The van der Waals surface area contributed by atoms with E-state index < -0.39 is 32.5 Å². The Morgan fingerprint density at radius 3 is 2.41 bits per heavy atom. The van der Waals surface area contributed by atoms with Crippen LogP contribution in [-0.4, -0.2) is 19.9 Å². The molecule has 0 radical (unpaired) electrons. The Morgan fingerprint density at radius 1 is 1.04 bits per heavy atom. The largest absolute Gasteiger partial charge is 0.419 e. The van der Waals surface area contributed by atoms with E-state index >= 15 is 0 Å². The van der Waals surface area contributed by atoms with Crippen LogP contribution in [0.3, 0.4) is 0 Å². The minimum absolute atomic E-state index is 0.186. The molecule has 1 aliphatic heterocycles. The van der Waals surface area contributed by atoms with Gasteiger partial charge in [0.2, 0.25) is 0 Å². The predicted molar refractivity (Wildman–Crippen MR) is 101 cm³/mol. The first kappa shape index (κ1) is 20.3. The molecule has 0 amide bonds. The van der Waals surface area contributed by atoms with Crippen molar-refractivity contribution >= 4 is 39.2 Å². The molecule has 3 nitrogen and oxygen atoms in total. The molecular formula is C17H15F4NO2S3. The molecule has 0 unspecified atom stereocenters. The highest BCUT2D eigenvalue weighted by atomic mass is 32.2. The molecule has 0 atom stereocenters. The van der Waals surface area contributed by atoms with Gasteiger partial charge in [-0.05, 0) is 53.8 Å². The smallest absolute Gasteiger partial charge is 0.280 e.